The lowest BCUT2D eigenvalue weighted by atomic mass is 9.98. The molecule has 0 saturated carbocycles. The monoisotopic (exact) mass is 240 g/mol. The SMILES string of the molecule is CC(C)S.Cc1cc(C(C)C)ccc1CO. The maximum absolute atomic E-state index is 8.95. The lowest BCUT2D eigenvalue weighted by Gasteiger charge is -2.08. The van der Waals surface area contributed by atoms with Crippen molar-refractivity contribution in [3.8, 4) is 0 Å². The van der Waals surface area contributed by atoms with E-state index >= 15 is 0 Å². The van der Waals surface area contributed by atoms with E-state index in [0.717, 1.165) is 5.56 Å². The Morgan fingerprint density at radius 2 is 1.69 bits per heavy atom. The number of hydrogen-bond donors (Lipinski definition) is 2. The summed E-state index contributed by atoms with van der Waals surface area (Å²) in [4.78, 5) is 0. The van der Waals surface area contributed by atoms with Crippen molar-refractivity contribution < 1.29 is 5.11 Å². The summed E-state index contributed by atoms with van der Waals surface area (Å²) in [7, 11) is 0. The van der Waals surface area contributed by atoms with Gasteiger partial charge in [-0.05, 0) is 34.8 Å². The molecular weight excluding hydrogens is 216 g/mol. The van der Waals surface area contributed by atoms with Gasteiger partial charge in [0.25, 0.3) is 0 Å². The van der Waals surface area contributed by atoms with Crippen molar-refractivity contribution in [2.45, 2.75) is 52.4 Å². The lowest BCUT2D eigenvalue weighted by Crippen LogP contribution is -1.93. The number of aryl methyl sites for hydroxylation is 1. The third kappa shape index (κ3) is 6.19. The normalized spacial score (nSPS) is 10.3. The van der Waals surface area contributed by atoms with Crippen LogP contribution < -0.4 is 0 Å². The summed E-state index contributed by atoms with van der Waals surface area (Å²) in [5.74, 6) is 0.566. The first-order valence-corrected chi connectivity index (χ1v) is 6.28. The molecule has 0 spiro atoms. The van der Waals surface area contributed by atoms with Crippen LogP contribution in [0, 0.1) is 6.92 Å². The molecule has 16 heavy (non-hydrogen) atoms. The quantitative estimate of drug-likeness (QED) is 0.750. The Kier molecular flexibility index (Phi) is 7.52. The van der Waals surface area contributed by atoms with E-state index in [9.17, 15) is 0 Å². The number of rotatable bonds is 2. The van der Waals surface area contributed by atoms with Crippen LogP contribution in [0.3, 0.4) is 0 Å². The summed E-state index contributed by atoms with van der Waals surface area (Å²) in [6, 6.07) is 6.24. The molecule has 0 bridgehead atoms. The Morgan fingerprint density at radius 3 is 2.00 bits per heavy atom. The molecule has 0 aliphatic heterocycles. The topological polar surface area (TPSA) is 20.2 Å². The van der Waals surface area contributed by atoms with E-state index in [4.69, 9.17) is 5.11 Å². The van der Waals surface area contributed by atoms with Crippen LogP contribution in [-0.2, 0) is 6.61 Å². The van der Waals surface area contributed by atoms with Crippen molar-refractivity contribution >= 4 is 12.6 Å². The fraction of sp³-hybridized carbons (Fsp3) is 0.571. The van der Waals surface area contributed by atoms with Crippen molar-refractivity contribution in [2.24, 2.45) is 0 Å². The second kappa shape index (κ2) is 7.75. The van der Waals surface area contributed by atoms with Crippen LogP contribution in [0.15, 0.2) is 18.2 Å². The highest BCUT2D eigenvalue weighted by atomic mass is 32.1. The Bertz CT molecular complexity index is 303. The first-order valence-electron chi connectivity index (χ1n) is 5.76. The highest BCUT2D eigenvalue weighted by molar-refractivity contribution is 7.80. The number of thiol groups is 1. The third-order valence-electron chi connectivity index (χ3n) is 2.20. The van der Waals surface area contributed by atoms with Crippen LogP contribution in [0.5, 0.6) is 0 Å². The molecule has 0 aliphatic rings. The highest BCUT2D eigenvalue weighted by Crippen LogP contribution is 2.18. The van der Waals surface area contributed by atoms with Crippen molar-refractivity contribution in [1.82, 2.24) is 0 Å². The van der Waals surface area contributed by atoms with Gasteiger partial charge in [0.15, 0.2) is 0 Å². The van der Waals surface area contributed by atoms with Gasteiger partial charge in [-0.15, -0.1) is 0 Å². The Morgan fingerprint density at radius 1 is 1.19 bits per heavy atom. The number of hydrogen-bond acceptors (Lipinski definition) is 2. The number of aliphatic hydroxyl groups excluding tert-OH is 1. The first-order chi connectivity index (χ1) is 7.38. The molecule has 0 aliphatic carbocycles. The van der Waals surface area contributed by atoms with Crippen LogP contribution in [0.25, 0.3) is 0 Å². The molecule has 92 valence electrons. The maximum atomic E-state index is 8.95. The fourth-order valence-electron chi connectivity index (χ4n) is 1.26. The van der Waals surface area contributed by atoms with Crippen molar-refractivity contribution in [3.05, 3.63) is 34.9 Å². The molecule has 0 fully saturated rings. The van der Waals surface area contributed by atoms with Crippen molar-refractivity contribution in [2.75, 3.05) is 0 Å². The molecule has 0 heterocycles. The Labute approximate surface area is 105 Å². The van der Waals surface area contributed by atoms with Gasteiger partial charge in [0, 0.05) is 0 Å². The Balaban J connectivity index is 0.000000487. The standard InChI is InChI=1S/C11H16O.C3H8S/c1-8(2)10-4-5-11(7-12)9(3)6-10;1-3(2)4/h4-6,8,12H,7H2,1-3H3;3-4H,1-2H3. The molecular formula is C14H24OS. The van der Waals surface area contributed by atoms with Gasteiger partial charge in [-0.3, -0.25) is 0 Å². The van der Waals surface area contributed by atoms with Gasteiger partial charge in [-0.25, -0.2) is 0 Å². The predicted molar refractivity (Wildman–Crippen MR) is 75.3 cm³/mol. The van der Waals surface area contributed by atoms with Gasteiger partial charge in [0.2, 0.25) is 0 Å². The van der Waals surface area contributed by atoms with Crippen LogP contribution in [0.1, 0.15) is 50.3 Å². The van der Waals surface area contributed by atoms with Crippen LogP contribution in [0.2, 0.25) is 0 Å². The molecule has 2 heteroatoms. The summed E-state index contributed by atoms with van der Waals surface area (Å²) in [5, 5.41) is 9.48. The molecule has 1 aromatic rings. The molecule has 0 unspecified atom stereocenters. The van der Waals surface area contributed by atoms with E-state index in [-0.39, 0.29) is 6.61 Å². The first kappa shape index (κ1) is 15.5. The second-order valence-corrected chi connectivity index (χ2v) is 5.63. The average Bonchev–Trinajstić information content (AvgIpc) is 2.16. The zero-order chi connectivity index (χ0) is 12.7. The number of benzene rings is 1. The van der Waals surface area contributed by atoms with E-state index < -0.39 is 0 Å². The summed E-state index contributed by atoms with van der Waals surface area (Å²) in [6.07, 6.45) is 0. The molecule has 1 nitrogen and oxygen atoms in total. The summed E-state index contributed by atoms with van der Waals surface area (Å²) in [6.45, 7) is 10.6. The molecule has 1 rings (SSSR count). The van der Waals surface area contributed by atoms with Crippen LogP contribution in [0.4, 0.5) is 0 Å². The fourth-order valence-corrected chi connectivity index (χ4v) is 1.26. The molecule has 0 atom stereocenters. The maximum Gasteiger partial charge on any atom is 0.0684 e. The van der Waals surface area contributed by atoms with E-state index in [1.165, 1.54) is 11.1 Å². The van der Waals surface area contributed by atoms with Crippen LogP contribution >= 0.6 is 12.6 Å². The summed E-state index contributed by atoms with van der Waals surface area (Å²) >= 11 is 3.97. The van der Waals surface area contributed by atoms with Gasteiger partial charge in [0.1, 0.15) is 0 Å². The van der Waals surface area contributed by atoms with E-state index in [1.54, 1.807) is 0 Å². The average molecular weight is 240 g/mol. The van der Waals surface area contributed by atoms with Gasteiger partial charge < -0.3 is 5.11 Å². The van der Waals surface area contributed by atoms with Gasteiger partial charge in [0.05, 0.1) is 6.61 Å². The zero-order valence-electron chi connectivity index (χ0n) is 11.0. The van der Waals surface area contributed by atoms with E-state index in [1.807, 2.05) is 26.8 Å². The smallest absolute Gasteiger partial charge is 0.0684 e. The second-order valence-electron chi connectivity index (χ2n) is 4.59. The van der Waals surface area contributed by atoms with Crippen LogP contribution in [-0.4, -0.2) is 10.4 Å². The highest BCUT2D eigenvalue weighted by Gasteiger charge is 2.01. The molecule has 0 radical (unpaired) electrons. The van der Waals surface area contributed by atoms with Gasteiger partial charge in [-0.2, -0.15) is 12.6 Å². The zero-order valence-corrected chi connectivity index (χ0v) is 11.9. The summed E-state index contributed by atoms with van der Waals surface area (Å²) in [5.41, 5.74) is 3.55. The van der Waals surface area contributed by atoms with Crippen molar-refractivity contribution in [3.63, 3.8) is 0 Å². The largest absolute Gasteiger partial charge is 0.392 e. The molecule has 0 aromatic heterocycles. The summed E-state index contributed by atoms with van der Waals surface area (Å²) < 4.78 is 0. The molecule has 1 aromatic carbocycles. The Hall–Kier alpha value is -0.470. The van der Waals surface area contributed by atoms with Gasteiger partial charge >= 0.3 is 0 Å². The van der Waals surface area contributed by atoms with E-state index in [2.05, 4.69) is 38.6 Å². The molecule has 1 N–H and O–H groups in total. The van der Waals surface area contributed by atoms with Crippen molar-refractivity contribution in [1.29, 1.82) is 0 Å². The predicted octanol–water partition coefficient (Wildman–Crippen LogP) is 3.94. The third-order valence-corrected chi connectivity index (χ3v) is 2.20. The number of aliphatic hydroxyl groups is 1. The molecule has 0 amide bonds. The van der Waals surface area contributed by atoms with Gasteiger partial charge in [-0.1, -0.05) is 45.9 Å². The molecule has 0 saturated heterocycles. The lowest BCUT2D eigenvalue weighted by molar-refractivity contribution is 0.281. The minimum absolute atomic E-state index is 0.143. The minimum atomic E-state index is 0.143. The minimum Gasteiger partial charge on any atom is -0.392 e. The van der Waals surface area contributed by atoms with E-state index in [0.29, 0.717) is 11.2 Å².